The number of benzene rings is 1. The summed E-state index contributed by atoms with van der Waals surface area (Å²) in [7, 11) is 0. The Labute approximate surface area is 73.6 Å². The predicted octanol–water partition coefficient (Wildman–Crippen LogP) is 3.43. The Kier molecular flexibility index (Phi) is 3.70. The van der Waals surface area contributed by atoms with Crippen LogP contribution < -0.4 is 0 Å². The summed E-state index contributed by atoms with van der Waals surface area (Å²) in [6, 6.07) is 10.2. The number of hydrogen-bond acceptors (Lipinski definition) is 0. The van der Waals surface area contributed by atoms with Gasteiger partial charge in [-0.2, -0.15) is 0 Å². The third kappa shape index (κ3) is 3.05. The molecule has 1 aromatic rings. The molecule has 0 aliphatic rings. The Bertz CT molecular complexity index is 287. The van der Waals surface area contributed by atoms with Gasteiger partial charge in [-0.25, -0.2) is 0 Å². The van der Waals surface area contributed by atoms with Gasteiger partial charge in [-0.05, 0) is 18.1 Å². The Morgan fingerprint density at radius 1 is 1.25 bits per heavy atom. The molecule has 0 aliphatic heterocycles. The van der Waals surface area contributed by atoms with Crippen molar-refractivity contribution in [3.8, 4) is 0 Å². The van der Waals surface area contributed by atoms with Gasteiger partial charge in [0.2, 0.25) is 0 Å². The Morgan fingerprint density at radius 3 is 2.67 bits per heavy atom. The van der Waals surface area contributed by atoms with E-state index in [1.165, 1.54) is 5.56 Å². The molecule has 0 saturated heterocycles. The van der Waals surface area contributed by atoms with Crippen LogP contribution in [-0.2, 0) is 0 Å². The van der Waals surface area contributed by atoms with Gasteiger partial charge in [0.05, 0.1) is 0 Å². The summed E-state index contributed by atoms with van der Waals surface area (Å²) in [5.41, 5.74) is 3.96. The first-order valence-corrected chi connectivity index (χ1v) is 3.99. The van der Waals surface area contributed by atoms with Crippen molar-refractivity contribution in [3.63, 3.8) is 0 Å². The lowest BCUT2D eigenvalue weighted by Crippen LogP contribution is -1.67. The van der Waals surface area contributed by atoms with Gasteiger partial charge >= 0.3 is 0 Å². The van der Waals surface area contributed by atoms with Gasteiger partial charge in [-0.3, -0.25) is 0 Å². The van der Waals surface area contributed by atoms with Crippen molar-refractivity contribution in [2.24, 2.45) is 0 Å². The van der Waals surface area contributed by atoms with Crippen LogP contribution in [0.2, 0.25) is 0 Å². The zero-order chi connectivity index (χ0) is 8.65. The molecule has 0 nitrogen and oxygen atoms in total. The molecule has 0 heterocycles. The predicted molar refractivity (Wildman–Crippen MR) is 53.8 cm³/mol. The molecular formula is C12H12. The second-order valence-corrected chi connectivity index (χ2v) is 2.46. The van der Waals surface area contributed by atoms with E-state index in [9.17, 15) is 0 Å². The maximum absolute atomic E-state index is 3.49. The normalized spacial score (nSPS) is 9.67. The van der Waals surface area contributed by atoms with E-state index in [-0.39, 0.29) is 0 Å². The minimum Gasteiger partial charge on any atom is -0.133 e. The lowest BCUT2D eigenvalue weighted by atomic mass is 10.2. The van der Waals surface area contributed by atoms with Gasteiger partial charge in [-0.15, -0.1) is 5.73 Å². The average Bonchev–Trinajstić information content (AvgIpc) is 2.14. The zero-order valence-corrected chi connectivity index (χ0v) is 7.03. The quantitative estimate of drug-likeness (QED) is 0.588. The van der Waals surface area contributed by atoms with Crippen molar-refractivity contribution >= 4 is 6.08 Å². The molecule has 1 rings (SSSR count). The Hall–Kier alpha value is -1.52. The van der Waals surface area contributed by atoms with Gasteiger partial charge in [0, 0.05) is 0 Å². The summed E-state index contributed by atoms with van der Waals surface area (Å²) in [6.07, 6.45) is 6.99. The van der Waals surface area contributed by atoms with E-state index in [0.29, 0.717) is 0 Å². The van der Waals surface area contributed by atoms with Gasteiger partial charge in [0.15, 0.2) is 0 Å². The van der Waals surface area contributed by atoms with E-state index in [1.807, 2.05) is 24.3 Å². The first-order chi connectivity index (χ1) is 5.93. The zero-order valence-electron chi connectivity index (χ0n) is 7.03. The fourth-order valence-corrected chi connectivity index (χ4v) is 0.920. The highest BCUT2D eigenvalue weighted by molar-refractivity contribution is 5.48. The van der Waals surface area contributed by atoms with E-state index in [4.69, 9.17) is 0 Å². The van der Waals surface area contributed by atoms with Gasteiger partial charge in [0.1, 0.15) is 0 Å². The molecular weight excluding hydrogens is 144 g/mol. The molecule has 0 saturated carbocycles. The summed E-state index contributed by atoms with van der Waals surface area (Å²) in [6.45, 7) is 3.49. The average molecular weight is 156 g/mol. The SMILES string of the molecule is C=C=CC/C=C/c1ccccc1. The van der Waals surface area contributed by atoms with Crippen LogP contribution in [0.1, 0.15) is 12.0 Å². The summed E-state index contributed by atoms with van der Waals surface area (Å²) in [5.74, 6) is 0. The smallest absolute Gasteiger partial charge is 0.00898 e. The maximum Gasteiger partial charge on any atom is -0.00898 e. The third-order valence-electron chi connectivity index (χ3n) is 1.51. The third-order valence-corrected chi connectivity index (χ3v) is 1.51. The van der Waals surface area contributed by atoms with Crippen molar-refractivity contribution in [1.82, 2.24) is 0 Å². The van der Waals surface area contributed by atoms with Crippen LogP contribution in [0.25, 0.3) is 6.08 Å². The van der Waals surface area contributed by atoms with Crippen LogP contribution in [-0.4, -0.2) is 0 Å². The Balaban J connectivity index is 2.52. The highest BCUT2D eigenvalue weighted by Crippen LogP contribution is 2.01. The van der Waals surface area contributed by atoms with Crippen LogP contribution in [0, 0.1) is 0 Å². The minimum absolute atomic E-state index is 0.901. The van der Waals surface area contributed by atoms with Crippen molar-refractivity contribution in [1.29, 1.82) is 0 Å². The van der Waals surface area contributed by atoms with Crippen molar-refractivity contribution in [3.05, 3.63) is 60.4 Å². The molecule has 0 aromatic heterocycles. The molecule has 0 amide bonds. The van der Waals surface area contributed by atoms with Crippen LogP contribution in [0.15, 0.2) is 54.8 Å². The highest BCUT2D eigenvalue weighted by Gasteiger charge is 1.79. The molecule has 0 bridgehead atoms. The monoisotopic (exact) mass is 156 g/mol. The molecule has 0 atom stereocenters. The van der Waals surface area contributed by atoms with Crippen LogP contribution >= 0.6 is 0 Å². The summed E-state index contributed by atoms with van der Waals surface area (Å²) < 4.78 is 0. The molecule has 0 heteroatoms. The summed E-state index contributed by atoms with van der Waals surface area (Å²) in [4.78, 5) is 0. The number of allylic oxidation sites excluding steroid dienone is 2. The summed E-state index contributed by atoms with van der Waals surface area (Å²) in [5, 5.41) is 0. The van der Waals surface area contributed by atoms with Gasteiger partial charge < -0.3 is 0 Å². The molecule has 60 valence electrons. The fourth-order valence-electron chi connectivity index (χ4n) is 0.920. The molecule has 0 radical (unpaired) electrons. The second-order valence-electron chi connectivity index (χ2n) is 2.46. The second kappa shape index (κ2) is 5.17. The number of hydrogen-bond donors (Lipinski definition) is 0. The molecule has 0 spiro atoms. The van der Waals surface area contributed by atoms with Crippen molar-refractivity contribution in [2.45, 2.75) is 6.42 Å². The van der Waals surface area contributed by atoms with Crippen molar-refractivity contribution < 1.29 is 0 Å². The molecule has 0 unspecified atom stereocenters. The van der Waals surface area contributed by atoms with E-state index >= 15 is 0 Å². The Morgan fingerprint density at radius 2 is 2.00 bits per heavy atom. The molecule has 0 aliphatic carbocycles. The van der Waals surface area contributed by atoms with E-state index < -0.39 is 0 Å². The van der Waals surface area contributed by atoms with E-state index in [2.05, 4.69) is 36.6 Å². The first-order valence-electron chi connectivity index (χ1n) is 3.99. The topological polar surface area (TPSA) is 0 Å². The lowest BCUT2D eigenvalue weighted by molar-refractivity contribution is 1.42. The largest absolute Gasteiger partial charge is 0.133 e. The lowest BCUT2D eigenvalue weighted by Gasteiger charge is -1.88. The summed E-state index contributed by atoms with van der Waals surface area (Å²) >= 11 is 0. The van der Waals surface area contributed by atoms with Crippen LogP contribution in [0.3, 0.4) is 0 Å². The molecule has 0 fully saturated rings. The molecule has 1 aromatic carbocycles. The standard InChI is InChI=1S/C12H12/c1-2-3-4-6-9-12-10-7-5-8-11-12/h3,5-11H,1,4H2/b9-6+. The fraction of sp³-hybridized carbons (Fsp3) is 0.0833. The highest BCUT2D eigenvalue weighted by atomic mass is 13.9. The molecule has 12 heavy (non-hydrogen) atoms. The van der Waals surface area contributed by atoms with Gasteiger partial charge in [-0.1, -0.05) is 49.1 Å². The van der Waals surface area contributed by atoms with E-state index in [1.54, 1.807) is 0 Å². The van der Waals surface area contributed by atoms with Gasteiger partial charge in [0.25, 0.3) is 0 Å². The van der Waals surface area contributed by atoms with Crippen LogP contribution in [0.5, 0.6) is 0 Å². The maximum atomic E-state index is 3.49. The first kappa shape index (κ1) is 8.58. The van der Waals surface area contributed by atoms with E-state index in [0.717, 1.165) is 6.42 Å². The number of rotatable bonds is 3. The van der Waals surface area contributed by atoms with Crippen molar-refractivity contribution in [2.75, 3.05) is 0 Å². The minimum atomic E-state index is 0.901. The molecule has 0 N–H and O–H groups in total. The van der Waals surface area contributed by atoms with Crippen LogP contribution in [0.4, 0.5) is 0 Å².